The topological polar surface area (TPSA) is 38.5 Å². The van der Waals surface area contributed by atoms with Crippen molar-refractivity contribution in [3.05, 3.63) is 24.3 Å². The van der Waals surface area contributed by atoms with E-state index < -0.39 is 0 Å². The molecule has 1 aliphatic rings. The van der Waals surface area contributed by atoms with Crippen LogP contribution in [0.1, 0.15) is 20.3 Å². The third kappa shape index (κ3) is 3.39. The Labute approximate surface area is 110 Å². The van der Waals surface area contributed by atoms with E-state index in [1.165, 1.54) is 13.1 Å². The van der Waals surface area contributed by atoms with Crippen molar-refractivity contribution in [1.29, 1.82) is 0 Å². The maximum Gasteiger partial charge on any atom is 0.142 e. The summed E-state index contributed by atoms with van der Waals surface area (Å²) >= 11 is 0. The molecule has 3 nitrogen and oxygen atoms in total. The number of nitrogens with zero attached hydrogens (tertiary/aromatic N) is 1. The summed E-state index contributed by atoms with van der Waals surface area (Å²) in [5.74, 6) is 2.46. The van der Waals surface area contributed by atoms with Crippen molar-refractivity contribution in [3.8, 4) is 5.75 Å². The van der Waals surface area contributed by atoms with Gasteiger partial charge in [-0.2, -0.15) is 0 Å². The molecule has 0 aromatic heterocycles. The van der Waals surface area contributed by atoms with E-state index in [0.717, 1.165) is 42.8 Å². The largest absolute Gasteiger partial charge is 0.491 e. The Morgan fingerprint density at radius 2 is 1.89 bits per heavy atom. The lowest BCUT2D eigenvalue weighted by atomic mass is 10.0. The van der Waals surface area contributed by atoms with Crippen LogP contribution in [-0.4, -0.2) is 31.1 Å². The van der Waals surface area contributed by atoms with Crippen LogP contribution in [0.15, 0.2) is 24.3 Å². The maximum atomic E-state index is 5.83. The van der Waals surface area contributed by atoms with Crippen LogP contribution < -0.4 is 10.5 Å². The third-order valence-corrected chi connectivity index (χ3v) is 3.86. The Morgan fingerprint density at radius 1 is 1.22 bits per heavy atom. The summed E-state index contributed by atoms with van der Waals surface area (Å²) in [6.45, 7) is 9.01. The highest BCUT2D eigenvalue weighted by atomic mass is 16.5. The Hall–Kier alpha value is -1.22. The number of hydrogen-bond acceptors (Lipinski definition) is 3. The average Bonchev–Trinajstić information content (AvgIpc) is 2.66. The summed E-state index contributed by atoms with van der Waals surface area (Å²) in [4.78, 5) is 2.53. The quantitative estimate of drug-likeness (QED) is 0.643. The van der Waals surface area contributed by atoms with Crippen LogP contribution >= 0.6 is 0 Å². The van der Waals surface area contributed by atoms with E-state index in [9.17, 15) is 0 Å². The lowest BCUT2D eigenvalue weighted by molar-refractivity contribution is 0.258. The normalized spacial score (nSPS) is 24.3. The minimum atomic E-state index is 0.723. The summed E-state index contributed by atoms with van der Waals surface area (Å²) in [5.41, 5.74) is 6.55. The first-order valence-corrected chi connectivity index (χ1v) is 6.86. The molecule has 0 radical (unpaired) electrons. The minimum absolute atomic E-state index is 0.723. The van der Waals surface area contributed by atoms with E-state index in [4.69, 9.17) is 10.5 Å². The molecule has 0 spiro atoms. The number of rotatable bonds is 5. The van der Waals surface area contributed by atoms with Crippen molar-refractivity contribution >= 4 is 5.69 Å². The Bertz CT molecular complexity index is 371. The van der Waals surface area contributed by atoms with Gasteiger partial charge in [0.05, 0.1) is 12.3 Å². The lowest BCUT2D eigenvalue weighted by Crippen LogP contribution is -2.23. The highest BCUT2D eigenvalue weighted by Crippen LogP contribution is 2.22. The highest BCUT2D eigenvalue weighted by Gasteiger charge is 2.25. The van der Waals surface area contributed by atoms with Gasteiger partial charge in [0, 0.05) is 19.6 Å². The van der Waals surface area contributed by atoms with Crippen LogP contribution in [0.3, 0.4) is 0 Å². The molecular formula is C15H24N2O. The predicted molar refractivity (Wildman–Crippen MR) is 75.7 cm³/mol. The molecular weight excluding hydrogens is 224 g/mol. The standard InChI is InChI=1S/C15H24N2O/c1-12-10-17(11-13(12)2)8-5-9-18-15-7-4-3-6-14(15)16/h3-4,6-7,12-13H,5,8-11,16H2,1-2H3. The summed E-state index contributed by atoms with van der Waals surface area (Å²) < 4.78 is 5.70. The zero-order chi connectivity index (χ0) is 13.0. The molecule has 0 amide bonds. The molecule has 100 valence electrons. The van der Waals surface area contributed by atoms with Crippen LogP contribution in [0.25, 0.3) is 0 Å². The van der Waals surface area contributed by atoms with Crippen LogP contribution in [-0.2, 0) is 0 Å². The second-order valence-electron chi connectivity index (χ2n) is 5.45. The van der Waals surface area contributed by atoms with Crippen LogP contribution in [0.2, 0.25) is 0 Å². The van der Waals surface area contributed by atoms with Crippen LogP contribution in [0.4, 0.5) is 5.69 Å². The van der Waals surface area contributed by atoms with Gasteiger partial charge in [-0.15, -0.1) is 0 Å². The fraction of sp³-hybridized carbons (Fsp3) is 0.600. The van der Waals surface area contributed by atoms with E-state index in [-0.39, 0.29) is 0 Å². The molecule has 2 N–H and O–H groups in total. The summed E-state index contributed by atoms with van der Waals surface area (Å²) in [6.07, 6.45) is 1.06. The molecule has 1 aromatic rings. The minimum Gasteiger partial charge on any atom is -0.491 e. The second-order valence-corrected chi connectivity index (χ2v) is 5.45. The molecule has 1 fully saturated rings. The monoisotopic (exact) mass is 248 g/mol. The van der Waals surface area contributed by atoms with Gasteiger partial charge in [-0.1, -0.05) is 26.0 Å². The Morgan fingerprint density at radius 3 is 2.56 bits per heavy atom. The molecule has 1 heterocycles. The van der Waals surface area contributed by atoms with Gasteiger partial charge >= 0.3 is 0 Å². The zero-order valence-corrected chi connectivity index (χ0v) is 11.4. The van der Waals surface area contributed by atoms with Crippen molar-refractivity contribution in [2.75, 3.05) is 32.0 Å². The number of likely N-dealkylation sites (tertiary alicyclic amines) is 1. The molecule has 1 aliphatic heterocycles. The second kappa shape index (κ2) is 6.10. The van der Waals surface area contributed by atoms with Gasteiger partial charge in [0.2, 0.25) is 0 Å². The predicted octanol–water partition coefficient (Wildman–Crippen LogP) is 2.63. The van der Waals surface area contributed by atoms with Crippen LogP contribution in [0.5, 0.6) is 5.75 Å². The number of nitrogens with two attached hydrogens (primary N) is 1. The molecule has 2 unspecified atom stereocenters. The fourth-order valence-corrected chi connectivity index (χ4v) is 2.51. The summed E-state index contributed by atoms with van der Waals surface area (Å²) in [6, 6.07) is 7.68. The van der Waals surface area contributed by atoms with E-state index in [1.54, 1.807) is 0 Å². The molecule has 0 saturated carbocycles. The Balaban J connectivity index is 1.66. The Kier molecular flexibility index (Phi) is 4.48. The summed E-state index contributed by atoms with van der Waals surface area (Å²) in [7, 11) is 0. The van der Waals surface area contributed by atoms with Gasteiger partial charge in [-0.25, -0.2) is 0 Å². The number of nitrogen functional groups attached to an aromatic ring is 1. The van der Waals surface area contributed by atoms with Gasteiger partial charge in [-0.05, 0) is 30.4 Å². The average molecular weight is 248 g/mol. The molecule has 18 heavy (non-hydrogen) atoms. The van der Waals surface area contributed by atoms with Crippen molar-refractivity contribution in [2.24, 2.45) is 11.8 Å². The van der Waals surface area contributed by atoms with Crippen LogP contribution in [0, 0.1) is 11.8 Å². The van der Waals surface area contributed by atoms with E-state index in [1.807, 2.05) is 24.3 Å². The number of anilines is 1. The summed E-state index contributed by atoms with van der Waals surface area (Å²) in [5, 5.41) is 0. The maximum absolute atomic E-state index is 5.83. The molecule has 0 aliphatic carbocycles. The van der Waals surface area contributed by atoms with Gasteiger partial charge in [-0.3, -0.25) is 0 Å². The zero-order valence-electron chi connectivity index (χ0n) is 11.4. The fourth-order valence-electron chi connectivity index (χ4n) is 2.51. The molecule has 1 aromatic carbocycles. The van der Waals surface area contributed by atoms with Crippen molar-refractivity contribution in [1.82, 2.24) is 4.90 Å². The first-order chi connectivity index (χ1) is 8.66. The van der Waals surface area contributed by atoms with E-state index >= 15 is 0 Å². The number of ether oxygens (including phenoxy) is 1. The van der Waals surface area contributed by atoms with Crippen molar-refractivity contribution in [3.63, 3.8) is 0 Å². The van der Waals surface area contributed by atoms with Gasteiger partial charge in [0.25, 0.3) is 0 Å². The number of hydrogen-bond donors (Lipinski definition) is 1. The SMILES string of the molecule is CC1CN(CCCOc2ccccc2N)CC1C. The van der Waals surface area contributed by atoms with Crippen molar-refractivity contribution in [2.45, 2.75) is 20.3 Å². The number of para-hydroxylation sites is 2. The lowest BCUT2D eigenvalue weighted by Gasteiger charge is -2.15. The molecule has 0 bridgehead atoms. The number of benzene rings is 1. The molecule has 3 heteroatoms. The first kappa shape index (κ1) is 13.2. The van der Waals surface area contributed by atoms with Crippen molar-refractivity contribution < 1.29 is 4.74 Å². The smallest absolute Gasteiger partial charge is 0.142 e. The first-order valence-electron chi connectivity index (χ1n) is 6.86. The van der Waals surface area contributed by atoms with E-state index in [2.05, 4.69) is 18.7 Å². The highest BCUT2D eigenvalue weighted by molar-refractivity contribution is 5.51. The van der Waals surface area contributed by atoms with Gasteiger partial charge in [0.15, 0.2) is 0 Å². The van der Waals surface area contributed by atoms with Gasteiger partial charge in [0.1, 0.15) is 5.75 Å². The third-order valence-electron chi connectivity index (χ3n) is 3.86. The van der Waals surface area contributed by atoms with Gasteiger partial charge < -0.3 is 15.4 Å². The molecule has 2 rings (SSSR count). The molecule has 2 atom stereocenters. The molecule has 1 saturated heterocycles. The van der Waals surface area contributed by atoms with E-state index in [0.29, 0.717) is 0 Å².